The van der Waals surface area contributed by atoms with E-state index in [-0.39, 0.29) is 5.41 Å². The third-order valence-electron chi connectivity index (χ3n) is 13.9. The maximum Gasteiger partial charge on any atom is 0.0467 e. The molecular weight excluding hydrogens is 687 g/mol. The Morgan fingerprint density at radius 3 is 1.74 bits per heavy atom. The van der Waals surface area contributed by atoms with Crippen LogP contribution in [0.5, 0.6) is 0 Å². The van der Waals surface area contributed by atoms with Crippen molar-refractivity contribution in [3.63, 3.8) is 0 Å². The number of rotatable bonds is 7. The van der Waals surface area contributed by atoms with E-state index in [9.17, 15) is 0 Å². The van der Waals surface area contributed by atoms with Crippen LogP contribution in [0.1, 0.15) is 62.6 Å². The second-order valence-electron chi connectivity index (χ2n) is 17.4. The maximum absolute atomic E-state index is 2.45. The van der Waals surface area contributed by atoms with Crippen molar-refractivity contribution in [2.75, 3.05) is 4.90 Å². The molecule has 0 unspecified atom stereocenters. The number of benzene rings is 8. The van der Waals surface area contributed by atoms with Crippen molar-refractivity contribution < 1.29 is 0 Å². The van der Waals surface area contributed by atoms with E-state index in [0.29, 0.717) is 5.41 Å². The molecule has 276 valence electrons. The highest BCUT2D eigenvalue weighted by Crippen LogP contribution is 2.55. The molecule has 1 heteroatoms. The summed E-state index contributed by atoms with van der Waals surface area (Å²) in [5.41, 5.74) is 18.2. The molecule has 0 amide bonds. The lowest BCUT2D eigenvalue weighted by molar-refractivity contribution is 0.419. The summed E-state index contributed by atoms with van der Waals surface area (Å²) in [6.45, 7) is 4.74. The van der Waals surface area contributed by atoms with E-state index in [1.807, 2.05) is 0 Å². The lowest BCUT2D eigenvalue weighted by atomic mass is 9.77. The third-order valence-corrected chi connectivity index (χ3v) is 13.9. The fourth-order valence-electron chi connectivity index (χ4n) is 10.9. The van der Waals surface area contributed by atoms with Gasteiger partial charge in [0.1, 0.15) is 0 Å². The van der Waals surface area contributed by atoms with Crippen molar-refractivity contribution in [2.45, 2.75) is 56.8 Å². The first-order valence-corrected chi connectivity index (χ1v) is 20.9. The van der Waals surface area contributed by atoms with Gasteiger partial charge in [-0.3, -0.25) is 0 Å². The summed E-state index contributed by atoms with van der Waals surface area (Å²) < 4.78 is 0. The van der Waals surface area contributed by atoms with Crippen LogP contribution in [0.3, 0.4) is 0 Å². The minimum absolute atomic E-state index is 0.0975. The van der Waals surface area contributed by atoms with Gasteiger partial charge in [-0.25, -0.2) is 0 Å². The molecule has 0 N–H and O–H groups in total. The summed E-state index contributed by atoms with van der Waals surface area (Å²) >= 11 is 0. The Bertz CT molecular complexity index is 2780. The largest absolute Gasteiger partial charge is 0.310 e. The molecule has 3 aliphatic carbocycles. The molecule has 0 spiro atoms. The van der Waals surface area contributed by atoms with Crippen LogP contribution in [0.25, 0.3) is 55.3 Å². The molecule has 0 atom stereocenters. The van der Waals surface area contributed by atoms with Gasteiger partial charge in [0.25, 0.3) is 0 Å². The summed E-state index contributed by atoms with van der Waals surface area (Å²) in [6.07, 6.45) is 6.94. The lowest BCUT2D eigenvalue weighted by Crippen LogP contribution is -2.19. The topological polar surface area (TPSA) is 3.24 Å². The quantitative estimate of drug-likeness (QED) is 0.158. The minimum Gasteiger partial charge on any atom is -0.310 e. The smallest absolute Gasteiger partial charge is 0.0467 e. The predicted molar refractivity (Wildman–Crippen MR) is 241 cm³/mol. The predicted octanol–water partition coefficient (Wildman–Crippen LogP) is 15.4. The third kappa shape index (κ3) is 5.59. The minimum atomic E-state index is -0.0975. The van der Waals surface area contributed by atoms with E-state index in [1.165, 1.54) is 98.5 Å². The number of hydrogen-bond acceptors (Lipinski definition) is 1. The van der Waals surface area contributed by atoms with Crippen LogP contribution in [0, 0.1) is 5.92 Å². The maximum atomic E-state index is 2.45. The second-order valence-corrected chi connectivity index (χ2v) is 17.4. The zero-order valence-electron chi connectivity index (χ0n) is 32.9. The highest BCUT2D eigenvalue weighted by molar-refractivity contribution is 6.06. The first kappa shape index (κ1) is 34.1. The monoisotopic (exact) mass is 733 g/mol. The highest BCUT2D eigenvalue weighted by Gasteiger charge is 2.45. The molecule has 0 aromatic heterocycles. The Balaban J connectivity index is 1.02. The Morgan fingerprint density at radius 2 is 1.02 bits per heavy atom. The zero-order chi connectivity index (χ0) is 38.1. The summed E-state index contributed by atoms with van der Waals surface area (Å²) in [5.74, 6) is 0.951. The number of nitrogens with zero attached hydrogens (tertiary/aromatic N) is 1. The number of anilines is 3. The first-order valence-electron chi connectivity index (χ1n) is 20.9. The second kappa shape index (κ2) is 13.2. The lowest BCUT2D eigenvalue weighted by Gasteiger charge is -2.29. The van der Waals surface area contributed by atoms with Gasteiger partial charge < -0.3 is 4.90 Å². The van der Waals surface area contributed by atoms with Crippen LogP contribution < -0.4 is 4.90 Å². The van der Waals surface area contributed by atoms with Crippen molar-refractivity contribution >= 4 is 27.8 Å². The van der Waals surface area contributed by atoms with Gasteiger partial charge in [0.2, 0.25) is 0 Å². The summed E-state index contributed by atoms with van der Waals surface area (Å²) in [4.78, 5) is 2.45. The van der Waals surface area contributed by atoms with Gasteiger partial charge in [-0.2, -0.15) is 0 Å². The highest BCUT2D eigenvalue weighted by atomic mass is 15.1. The molecule has 0 aliphatic heterocycles. The van der Waals surface area contributed by atoms with Crippen LogP contribution in [0.4, 0.5) is 17.1 Å². The van der Waals surface area contributed by atoms with E-state index in [4.69, 9.17) is 0 Å². The SMILES string of the molecule is CC1(C)c2ccccc2-c2ccc(N(c3ccc(-c4ccc(C56CCC(CC5)C6)cc4)cc3)c3cccc(-c4cccc5cccc(-c6ccccc6)c45)c3)cc21. The molecule has 0 heterocycles. The molecule has 11 rings (SSSR count). The zero-order valence-corrected chi connectivity index (χ0v) is 32.9. The van der Waals surface area contributed by atoms with Crippen LogP contribution in [0.15, 0.2) is 182 Å². The van der Waals surface area contributed by atoms with Crippen LogP contribution >= 0.6 is 0 Å². The van der Waals surface area contributed by atoms with Crippen LogP contribution in [-0.4, -0.2) is 0 Å². The van der Waals surface area contributed by atoms with Crippen molar-refractivity contribution in [1.29, 1.82) is 0 Å². The fraction of sp³-hybridized carbons (Fsp3) is 0.179. The molecular formula is C56H47N. The Morgan fingerprint density at radius 1 is 0.439 bits per heavy atom. The molecule has 8 aromatic rings. The summed E-state index contributed by atoms with van der Waals surface area (Å²) in [6, 6.07) is 68.2. The van der Waals surface area contributed by atoms with E-state index in [0.717, 1.165) is 23.0 Å². The van der Waals surface area contributed by atoms with Gasteiger partial charge in [0.05, 0.1) is 0 Å². The normalized spacial score (nSPS) is 18.7. The molecule has 2 fully saturated rings. The van der Waals surface area contributed by atoms with Gasteiger partial charge in [-0.1, -0.05) is 159 Å². The molecule has 2 bridgehead atoms. The van der Waals surface area contributed by atoms with Gasteiger partial charge in [-0.15, -0.1) is 0 Å². The Hall–Kier alpha value is -6.18. The van der Waals surface area contributed by atoms with Crippen molar-refractivity contribution in [2.24, 2.45) is 5.92 Å². The average Bonchev–Trinajstić information content (AvgIpc) is 3.96. The molecule has 0 radical (unpaired) electrons. The summed E-state index contributed by atoms with van der Waals surface area (Å²) in [7, 11) is 0. The molecule has 57 heavy (non-hydrogen) atoms. The first-order chi connectivity index (χ1) is 27.9. The average molecular weight is 734 g/mol. The molecule has 1 nitrogen and oxygen atoms in total. The molecule has 0 saturated heterocycles. The van der Waals surface area contributed by atoms with Gasteiger partial charge in [0.15, 0.2) is 0 Å². The van der Waals surface area contributed by atoms with E-state index >= 15 is 0 Å². The van der Waals surface area contributed by atoms with E-state index in [2.05, 4.69) is 201 Å². The van der Waals surface area contributed by atoms with Crippen LogP contribution in [0.2, 0.25) is 0 Å². The van der Waals surface area contributed by atoms with Crippen LogP contribution in [-0.2, 0) is 10.8 Å². The number of hydrogen-bond donors (Lipinski definition) is 0. The van der Waals surface area contributed by atoms with Crippen molar-refractivity contribution in [3.05, 3.63) is 199 Å². The number of fused-ring (bicyclic) bond motifs is 6. The van der Waals surface area contributed by atoms with E-state index < -0.39 is 0 Å². The van der Waals surface area contributed by atoms with Crippen molar-refractivity contribution in [3.8, 4) is 44.5 Å². The Labute approximate surface area is 337 Å². The molecule has 3 aliphatic rings. The van der Waals surface area contributed by atoms with Crippen molar-refractivity contribution in [1.82, 2.24) is 0 Å². The Kier molecular flexibility index (Phi) is 7.90. The van der Waals surface area contributed by atoms with E-state index in [1.54, 1.807) is 5.56 Å². The molecule has 2 saturated carbocycles. The summed E-state index contributed by atoms with van der Waals surface area (Å²) in [5, 5.41) is 2.53. The van der Waals surface area contributed by atoms with Gasteiger partial charge >= 0.3 is 0 Å². The molecule has 8 aromatic carbocycles. The fourth-order valence-corrected chi connectivity index (χ4v) is 10.9. The standard InChI is InChI=1S/C56H47N/c1-55(2)52-20-7-6-17-50(52)51-30-29-47(36-53(51)55)57(45-27-23-40(24-28-45)39-21-25-44(26-22-39)56-33-31-38(37-56)32-34-56)46-16-8-15-43(35-46)49-19-10-14-42-13-9-18-48(54(42)49)41-11-4-3-5-12-41/h3-30,35-36,38H,31-34,37H2,1-2H3. The van der Waals surface area contributed by atoms with Gasteiger partial charge in [0, 0.05) is 22.5 Å². The van der Waals surface area contributed by atoms with Gasteiger partial charge in [-0.05, 0) is 152 Å².